The molecule has 3 nitrogen and oxygen atoms in total. The summed E-state index contributed by atoms with van der Waals surface area (Å²) in [5, 5.41) is 29.7. The monoisotopic (exact) mass is 400 g/mol. The lowest BCUT2D eigenvalue weighted by molar-refractivity contribution is 0.0609. The molecule has 0 aliphatic heterocycles. The Labute approximate surface area is 177 Å². The SMILES string of the molecule is C[C@@H](CC#CC(C)(C)O)C1CC[C@@H]2/C(=C/C=C3C[C@@H](O)C[C@H](O)C3)CCC[C@]12C. The molecular formula is C26H40O3. The molecule has 3 aliphatic carbocycles. The summed E-state index contributed by atoms with van der Waals surface area (Å²) in [6.45, 7) is 8.31. The molecule has 0 amide bonds. The molecule has 3 fully saturated rings. The van der Waals surface area contributed by atoms with Gasteiger partial charge in [0.15, 0.2) is 0 Å². The van der Waals surface area contributed by atoms with Crippen molar-refractivity contribution in [2.24, 2.45) is 23.2 Å². The lowest BCUT2D eigenvalue weighted by Crippen LogP contribution is -2.36. The highest BCUT2D eigenvalue weighted by Crippen LogP contribution is 2.59. The largest absolute Gasteiger partial charge is 0.393 e. The van der Waals surface area contributed by atoms with Gasteiger partial charge in [0.1, 0.15) is 5.60 Å². The predicted molar refractivity (Wildman–Crippen MR) is 118 cm³/mol. The Bertz CT molecular complexity index is 690. The summed E-state index contributed by atoms with van der Waals surface area (Å²) in [6.07, 6.45) is 12.7. The van der Waals surface area contributed by atoms with Gasteiger partial charge in [-0.25, -0.2) is 0 Å². The fraction of sp³-hybridized carbons (Fsp3) is 0.769. The van der Waals surface area contributed by atoms with Crippen molar-refractivity contribution in [1.29, 1.82) is 0 Å². The van der Waals surface area contributed by atoms with Crippen LogP contribution in [0, 0.1) is 35.0 Å². The summed E-state index contributed by atoms with van der Waals surface area (Å²) in [7, 11) is 0. The summed E-state index contributed by atoms with van der Waals surface area (Å²) < 4.78 is 0. The van der Waals surface area contributed by atoms with E-state index in [2.05, 4.69) is 37.8 Å². The van der Waals surface area contributed by atoms with Crippen LogP contribution in [0.25, 0.3) is 0 Å². The van der Waals surface area contributed by atoms with E-state index in [0.29, 0.717) is 42.4 Å². The normalized spacial score (nSPS) is 37.6. The van der Waals surface area contributed by atoms with Gasteiger partial charge in [0, 0.05) is 6.42 Å². The number of hydrogen-bond donors (Lipinski definition) is 3. The topological polar surface area (TPSA) is 60.7 Å². The van der Waals surface area contributed by atoms with Crippen LogP contribution >= 0.6 is 0 Å². The van der Waals surface area contributed by atoms with Crippen LogP contribution < -0.4 is 0 Å². The molecule has 0 bridgehead atoms. The van der Waals surface area contributed by atoms with Crippen LogP contribution in [0.2, 0.25) is 0 Å². The number of hydrogen-bond acceptors (Lipinski definition) is 3. The standard InChI is InChI=1S/C26H40O3/c1-18(7-5-13-25(2,3)29)23-11-12-24-20(8-6-14-26(23,24)4)10-9-19-15-21(27)17-22(28)16-19/h9-10,18,21-24,27-29H,6-8,11-12,14-17H2,1-4H3/b20-10+/t18-,21+,22+,23?,24+,26+/m0/s1. The Morgan fingerprint density at radius 2 is 1.86 bits per heavy atom. The summed E-state index contributed by atoms with van der Waals surface area (Å²) in [4.78, 5) is 0. The minimum absolute atomic E-state index is 0.337. The van der Waals surface area contributed by atoms with Crippen molar-refractivity contribution < 1.29 is 15.3 Å². The zero-order valence-corrected chi connectivity index (χ0v) is 18.7. The van der Waals surface area contributed by atoms with Crippen molar-refractivity contribution in [2.45, 2.75) is 103 Å². The van der Waals surface area contributed by atoms with Gasteiger partial charge in [0.2, 0.25) is 0 Å². The maximum absolute atomic E-state index is 9.95. The van der Waals surface area contributed by atoms with Crippen molar-refractivity contribution in [3.05, 3.63) is 23.3 Å². The Hall–Kier alpha value is -1.08. The first-order valence-electron chi connectivity index (χ1n) is 11.6. The Balaban J connectivity index is 1.71. The summed E-state index contributed by atoms with van der Waals surface area (Å²) in [5.41, 5.74) is 2.18. The molecule has 0 heterocycles. The van der Waals surface area contributed by atoms with Gasteiger partial charge in [-0.15, -0.1) is 5.92 Å². The second-order valence-electron chi connectivity index (χ2n) is 10.7. The van der Waals surface area contributed by atoms with E-state index in [1.807, 2.05) is 0 Å². The molecule has 0 aromatic rings. The van der Waals surface area contributed by atoms with Gasteiger partial charge in [0.05, 0.1) is 12.2 Å². The third-order valence-electron chi connectivity index (χ3n) is 7.62. The van der Waals surface area contributed by atoms with E-state index in [0.717, 1.165) is 6.42 Å². The Kier molecular flexibility index (Phi) is 6.99. The highest BCUT2D eigenvalue weighted by Gasteiger charge is 2.50. The fourth-order valence-corrected chi connectivity index (χ4v) is 6.32. The minimum atomic E-state index is -0.906. The molecule has 1 unspecified atom stereocenters. The van der Waals surface area contributed by atoms with Crippen molar-refractivity contribution in [2.75, 3.05) is 0 Å². The van der Waals surface area contributed by atoms with Gasteiger partial charge in [-0.3, -0.25) is 0 Å². The third-order valence-corrected chi connectivity index (χ3v) is 7.62. The smallest absolute Gasteiger partial charge is 0.119 e. The molecule has 3 N–H and O–H groups in total. The van der Waals surface area contributed by atoms with E-state index < -0.39 is 17.8 Å². The van der Waals surface area contributed by atoms with E-state index in [9.17, 15) is 15.3 Å². The fourth-order valence-electron chi connectivity index (χ4n) is 6.32. The van der Waals surface area contributed by atoms with Gasteiger partial charge in [-0.1, -0.05) is 43.1 Å². The second-order valence-corrected chi connectivity index (χ2v) is 10.7. The zero-order valence-electron chi connectivity index (χ0n) is 18.7. The van der Waals surface area contributed by atoms with Crippen LogP contribution in [0.15, 0.2) is 23.3 Å². The maximum Gasteiger partial charge on any atom is 0.119 e. The van der Waals surface area contributed by atoms with Crippen LogP contribution in [0.3, 0.4) is 0 Å². The number of aliphatic hydroxyl groups is 3. The third kappa shape index (κ3) is 5.54. The molecular weight excluding hydrogens is 360 g/mol. The van der Waals surface area contributed by atoms with Crippen molar-refractivity contribution in [3.63, 3.8) is 0 Å². The maximum atomic E-state index is 9.95. The lowest BCUT2D eigenvalue weighted by Gasteiger charge is -2.44. The Morgan fingerprint density at radius 3 is 2.52 bits per heavy atom. The average molecular weight is 401 g/mol. The van der Waals surface area contributed by atoms with Crippen LogP contribution in [0.1, 0.15) is 85.5 Å². The first-order chi connectivity index (χ1) is 13.6. The van der Waals surface area contributed by atoms with Gasteiger partial charge >= 0.3 is 0 Å². The van der Waals surface area contributed by atoms with Crippen LogP contribution in [-0.2, 0) is 0 Å². The molecule has 0 radical (unpaired) electrons. The number of allylic oxidation sites excluding steroid dienone is 3. The highest BCUT2D eigenvalue weighted by atomic mass is 16.3. The molecule has 0 spiro atoms. The number of rotatable bonds is 3. The molecule has 3 aliphatic rings. The van der Waals surface area contributed by atoms with Crippen molar-refractivity contribution >= 4 is 0 Å². The molecule has 0 aromatic heterocycles. The van der Waals surface area contributed by atoms with Crippen LogP contribution in [0.5, 0.6) is 0 Å². The molecule has 29 heavy (non-hydrogen) atoms. The quantitative estimate of drug-likeness (QED) is 0.599. The second kappa shape index (κ2) is 8.96. The Morgan fingerprint density at radius 1 is 1.17 bits per heavy atom. The van der Waals surface area contributed by atoms with E-state index in [4.69, 9.17) is 0 Å². The van der Waals surface area contributed by atoms with E-state index in [-0.39, 0.29) is 0 Å². The van der Waals surface area contributed by atoms with Gasteiger partial charge in [-0.2, -0.15) is 0 Å². The van der Waals surface area contributed by atoms with E-state index in [1.54, 1.807) is 19.4 Å². The number of aliphatic hydroxyl groups excluding tert-OH is 2. The minimum Gasteiger partial charge on any atom is -0.393 e. The van der Waals surface area contributed by atoms with Crippen LogP contribution in [-0.4, -0.2) is 33.1 Å². The first-order valence-corrected chi connectivity index (χ1v) is 11.6. The average Bonchev–Trinajstić information content (AvgIpc) is 2.95. The number of fused-ring (bicyclic) bond motifs is 1. The summed E-state index contributed by atoms with van der Waals surface area (Å²) >= 11 is 0. The molecule has 3 heteroatoms. The summed E-state index contributed by atoms with van der Waals surface area (Å²) in [5.74, 6) is 8.07. The zero-order chi connectivity index (χ0) is 21.2. The van der Waals surface area contributed by atoms with Crippen molar-refractivity contribution in [1.82, 2.24) is 0 Å². The van der Waals surface area contributed by atoms with E-state index in [1.165, 1.54) is 37.7 Å². The molecule has 3 rings (SSSR count). The van der Waals surface area contributed by atoms with Crippen LogP contribution in [0.4, 0.5) is 0 Å². The van der Waals surface area contributed by atoms with Crippen molar-refractivity contribution in [3.8, 4) is 11.8 Å². The van der Waals surface area contributed by atoms with E-state index >= 15 is 0 Å². The highest BCUT2D eigenvalue weighted by molar-refractivity contribution is 5.26. The lowest BCUT2D eigenvalue weighted by atomic mass is 9.61. The predicted octanol–water partition coefficient (Wildman–Crippen LogP) is 4.76. The molecule has 0 aromatic carbocycles. The van der Waals surface area contributed by atoms with Gasteiger partial charge < -0.3 is 15.3 Å². The molecule has 6 atom stereocenters. The molecule has 3 saturated carbocycles. The first kappa shape index (κ1) is 22.6. The summed E-state index contributed by atoms with van der Waals surface area (Å²) in [6, 6.07) is 0. The van der Waals surface area contributed by atoms with Gasteiger partial charge in [-0.05, 0) is 88.4 Å². The van der Waals surface area contributed by atoms with Gasteiger partial charge in [0.25, 0.3) is 0 Å². The molecule has 0 saturated heterocycles. The molecule has 162 valence electrons.